The molecule has 3 heteroatoms. The molecule has 0 aliphatic carbocycles. The second-order valence-corrected chi connectivity index (χ2v) is 4.14. The Morgan fingerprint density at radius 3 is 2.32 bits per heavy atom. The summed E-state index contributed by atoms with van der Waals surface area (Å²) in [7, 11) is 0. The van der Waals surface area contributed by atoms with E-state index in [-0.39, 0.29) is 0 Å². The molecule has 0 saturated carbocycles. The van der Waals surface area contributed by atoms with Crippen LogP contribution in [0.25, 0.3) is 5.69 Å². The molecule has 2 aromatic carbocycles. The molecule has 0 unspecified atom stereocenters. The van der Waals surface area contributed by atoms with Crippen LogP contribution in [0.3, 0.4) is 0 Å². The minimum atomic E-state index is 0.840. The van der Waals surface area contributed by atoms with E-state index in [1.807, 2.05) is 71.4 Å². The number of rotatable bonds is 3. The average molecular weight is 247 g/mol. The molecule has 3 nitrogen and oxygen atoms in total. The van der Waals surface area contributed by atoms with Crippen molar-refractivity contribution in [3.05, 3.63) is 78.9 Å². The van der Waals surface area contributed by atoms with Crippen LogP contribution >= 0.6 is 0 Å². The van der Waals surface area contributed by atoms with Crippen LogP contribution in [-0.2, 0) is 0 Å². The maximum atomic E-state index is 4.38. The molecule has 3 aromatic rings. The van der Waals surface area contributed by atoms with Crippen molar-refractivity contribution in [2.45, 2.75) is 0 Å². The number of aromatic nitrogens is 2. The quantitative estimate of drug-likeness (QED) is 0.650. The molecule has 19 heavy (non-hydrogen) atoms. The predicted octanol–water partition coefficient (Wildman–Crippen LogP) is 3.62. The van der Waals surface area contributed by atoms with Gasteiger partial charge in [-0.2, -0.15) is 0 Å². The van der Waals surface area contributed by atoms with Crippen LogP contribution in [0.15, 0.2) is 78.2 Å². The first kappa shape index (κ1) is 11.4. The summed E-state index contributed by atoms with van der Waals surface area (Å²) >= 11 is 0. The normalized spacial score (nSPS) is 10.9. The summed E-state index contributed by atoms with van der Waals surface area (Å²) in [5.74, 6) is 0. The standard InChI is InChI=1S/C16H13N3/c1-3-7-14(8-4-1)17-11-15-12-19(13-18-15)16-9-5-2-6-10-16/h1-13H. The van der Waals surface area contributed by atoms with Gasteiger partial charge in [-0.3, -0.25) is 4.99 Å². The van der Waals surface area contributed by atoms with Crippen LogP contribution in [0.1, 0.15) is 5.69 Å². The summed E-state index contributed by atoms with van der Waals surface area (Å²) < 4.78 is 1.98. The van der Waals surface area contributed by atoms with E-state index in [4.69, 9.17) is 0 Å². The third kappa shape index (κ3) is 2.77. The van der Waals surface area contributed by atoms with Crippen molar-refractivity contribution >= 4 is 11.9 Å². The molecule has 0 aliphatic heterocycles. The monoisotopic (exact) mass is 247 g/mol. The highest BCUT2D eigenvalue weighted by molar-refractivity contribution is 5.79. The summed E-state index contributed by atoms with van der Waals surface area (Å²) in [6.45, 7) is 0. The van der Waals surface area contributed by atoms with Gasteiger partial charge in [0.25, 0.3) is 0 Å². The largest absolute Gasteiger partial charge is 0.306 e. The molecule has 0 amide bonds. The highest BCUT2D eigenvalue weighted by Crippen LogP contribution is 2.10. The van der Waals surface area contributed by atoms with Gasteiger partial charge in [-0.25, -0.2) is 4.98 Å². The predicted molar refractivity (Wildman–Crippen MR) is 77.3 cm³/mol. The molecule has 3 rings (SSSR count). The zero-order valence-corrected chi connectivity index (χ0v) is 10.3. The van der Waals surface area contributed by atoms with E-state index < -0.39 is 0 Å². The molecular formula is C16H13N3. The molecule has 0 spiro atoms. The smallest absolute Gasteiger partial charge is 0.0999 e. The van der Waals surface area contributed by atoms with Crippen molar-refractivity contribution < 1.29 is 0 Å². The van der Waals surface area contributed by atoms with Gasteiger partial charge < -0.3 is 4.57 Å². The molecule has 92 valence electrons. The maximum absolute atomic E-state index is 4.38. The highest BCUT2D eigenvalue weighted by atomic mass is 15.0. The summed E-state index contributed by atoms with van der Waals surface area (Å²) in [4.78, 5) is 8.70. The van der Waals surface area contributed by atoms with Crippen LogP contribution in [0.5, 0.6) is 0 Å². The lowest BCUT2D eigenvalue weighted by Gasteiger charge is -1.98. The first-order valence-corrected chi connectivity index (χ1v) is 6.10. The number of imidazole rings is 1. The van der Waals surface area contributed by atoms with Gasteiger partial charge in [0, 0.05) is 11.9 Å². The molecule has 0 aliphatic rings. The van der Waals surface area contributed by atoms with Gasteiger partial charge in [0.15, 0.2) is 0 Å². The summed E-state index contributed by atoms with van der Waals surface area (Å²) in [5.41, 5.74) is 2.86. The number of hydrogen-bond acceptors (Lipinski definition) is 2. The number of benzene rings is 2. The van der Waals surface area contributed by atoms with Gasteiger partial charge in [0.2, 0.25) is 0 Å². The van der Waals surface area contributed by atoms with Crippen LogP contribution in [0.2, 0.25) is 0 Å². The Hall–Kier alpha value is -2.68. The lowest BCUT2D eigenvalue weighted by atomic mass is 10.3. The maximum Gasteiger partial charge on any atom is 0.0999 e. The fourth-order valence-corrected chi connectivity index (χ4v) is 1.80. The SMILES string of the molecule is C(=Nc1ccccc1)c1cn(-c2ccccc2)cn1. The van der Waals surface area contributed by atoms with Crippen LogP contribution in [-0.4, -0.2) is 15.8 Å². The molecule has 0 saturated heterocycles. The van der Waals surface area contributed by atoms with Crippen LogP contribution < -0.4 is 0 Å². The van der Waals surface area contributed by atoms with Crippen molar-refractivity contribution in [2.24, 2.45) is 4.99 Å². The Bertz CT molecular complexity index is 669. The van der Waals surface area contributed by atoms with Gasteiger partial charge in [-0.1, -0.05) is 36.4 Å². The van der Waals surface area contributed by atoms with Gasteiger partial charge in [-0.15, -0.1) is 0 Å². The Morgan fingerprint density at radius 1 is 0.895 bits per heavy atom. The first-order valence-electron chi connectivity index (χ1n) is 6.10. The summed E-state index contributed by atoms with van der Waals surface area (Å²) in [6.07, 6.45) is 5.53. The van der Waals surface area contributed by atoms with Gasteiger partial charge in [0.05, 0.1) is 23.9 Å². The topological polar surface area (TPSA) is 30.2 Å². The minimum absolute atomic E-state index is 0.840. The van der Waals surface area contributed by atoms with Crippen molar-refractivity contribution in [3.8, 4) is 5.69 Å². The molecule has 0 radical (unpaired) electrons. The van der Waals surface area contributed by atoms with E-state index in [1.165, 1.54) is 0 Å². The average Bonchev–Trinajstić information content (AvgIpc) is 2.96. The van der Waals surface area contributed by atoms with E-state index >= 15 is 0 Å². The third-order valence-electron chi connectivity index (χ3n) is 2.76. The third-order valence-corrected chi connectivity index (χ3v) is 2.76. The second kappa shape index (κ2) is 5.31. The fourth-order valence-electron chi connectivity index (χ4n) is 1.80. The van der Waals surface area contributed by atoms with Crippen molar-refractivity contribution in [1.82, 2.24) is 9.55 Å². The fraction of sp³-hybridized carbons (Fsp3) is 0. The lowest BCUT2D eigenvalue weighted by Crippen LogP contribution is -1.88. The number of para-hydroxylation sites is 2. The number of aliphatic imine (C=N–C) groups is 1. The zero-order chi connectivity index (χ0) is 12.9. The molecular weight excluding hydrogens is 234 g/mol. The van der Waals surface area contributed by atoms with Crippen LogP contribution in [0.4, 0.5) is 5.69 Å². The zero-order valence-electron chi connectivity index (χ0n) is 10.3. The summed E-state index contributed by atoms with van der Waals surface area (Å²) in [5, 5.41) is 0. The minimum Gasteiger partial charge on any atom is -0.306 e. The van der Waals surface area contributed by atoms with Gasteiger partial charge >= 0.3 is 0 Å². The van der Waals surface area contributed by atoms with Gasteiger partial charge in [0.1, 0.15) is 0 Å². The molecule has 0 N–H and O–H groups in total. The highest BCUT2D eigenvalue weighted by Gasteiger charge is 1.97. The Kier molecular flexibility index (Phi) is 3.19. The van der Waals surface area contributed by atoms with E-state index in [0.717, 1.165) is 17.1 Å². The Balaban J connectivity index is 1.81. The van der Waals surface area contributed by atoms with Gasteiger partial charge in [-0.05, 0) is 24.3 Å². The number of hydrogen-bond donors (Lipinski definition) is 0. The molecule has 0 atom stereocenters. The van der Waals surface area contributed by atoms with Crippen LogP contribution in [0, 0.1) is 0 Å². The van der Waals surface area contributed by atoms with E-state index in [9.17, 15) is 0 Å². The lowest BCUT2D eigenvalue weighted by molar-refractivity contribution is 1.06. The van der Waals surface area contributed by atoms with Crippen molar-refractivity contribution in [3.63, 3.8) is 0 Å². The second-order valence-electron chi connectivity index (χ2n) is 4.14. The first-order chi connectivity index (χ1) is 9.42. The van der Waals surface area contributed by atoms with E-state index in [2.05, 4.69) is 9.98 Å². The van der Waals surface area contributed by atoms with E-state index in [0.29, 0.717) is 0 Å². The number of nitrogens with zero attached hydrogens (tertiary/aromatic N) is 3. The van der Waals surface area contributed by atoms with Crippen molar-refractivity contribution in [2.75, 3.05) is 0 Å². The Morgan fingerprint density at radius 2 is 1.58 bits per heavy atom. The summed E-state index contributed by atoms with van der Waals surface area (Å²) in [6, 6.07) is 19.9. The van der Waals surface area contributed by atoms with Crippen molar-refractivity contribution in [1.29, 1.82) is 0 Å². The molecule has 0 bridgehead atoms. The molecule has 1 heterocycles. The molecule has 1 aromatic heterocycles. The van der Waals surface area contributed by atoms with E-state index in [1.54, 1.807) is 12.5 Å². The Labute approximate surface area is 111 Å². The molecule has 0 fully saturated rings.